The molecule has 1 aliphatic heterocycles. The zero-order chi connectivity index (χ0) is 22.9. The van der Waals surface area contributed by atoms with E-state index in [1.54, 1.807) is 0 Å². The summed E-state index contributed by atoms with van der Waals surface area (Å²) in [6, 6.07) is 20.4. The van der Waals surface area contributed by atoms with Crippen molar-refractivity contribution < 1.29 is 0 Å². The van der Waals surface area contributed by atoms with Crippen LogP contribution in [-0.4, -0.2) is 26.5 Å². The fourth-order valence-electron chi connectivity index (χ4n) is 6.51. The molecule has 1 saturated heterocycles. The molecule has 0 amide bonds. The number of nitrogens with zero attached hydrogens (tertiary/aromatic N) is 2. The first-order valence-electron chi connectivity index (χ1n) is 13.1. The zero-order valence-electron chi connectivity index (χ0n) is 19.7. The van der Waals surface area contributed by atoms with E-state index in [1.165, 1.54) is 59.0 Å². The molecule has 3 heterocycles. The maximum Gasteiger partial charge on any atom is 0.123 e. The number of aromatic amines is 2. The topological polar surface area (TPSA) is 69.4 Å². The molecule has 5 aromatic rings. The highest BCUT2D eigenvalue weighted by Gasteiger charge is 2.47. The van der Waals surface area contributed by atoms with Gasteiger partial charge in [0.15, 0.2) is 0 Å². The standard InChI is InChI=1S/C30H29N5/c1-2-26(31-9-1)30-32-16-28(35-30)21-6-5-17-10-18(3-4-19(17)11-21)20-7-8-25-27(15-20)34-29(33-25)24-13-22-12-23(22)14-24/h3-8,10-11,15-16,22-24,26,31H,1-2,9,12-14H2,(H,32,35)(H,33,34)/t22-,23+,24?,26-/m0/s1. The second kappa shape index (κ2) is 7.53. The van der Waals surface area contributed by atoms with Crippen LogP contribution >= 0.6 is 0 Å². The molecular formula is C30H29N5. The van der Waals surface area contributed by atoms with Gasteiger partial charge in [-0.3, -0.25) is 0 Å². The lowest BCUT2D eigenvalue weighted by Crippen LogP contribution is -2.14. The van der Waals surface area contributed by atoms with Gasteiger partial charge in [0.05, 0.1) is 29.0 Å². The number of H-pyrrole nitrogens is 2. The van der Waals surface area contributed by atoms with Gasteiger partial charge >= 0.3 is 0 Å². The van der Waals surface area contributed by atoms with Crippen LogP contribution in [0.1, 0.15) is 55.7 Å². The van der Waals surface area contributed by atoms with E-state index in [4.69, 9.17) is 4.98 Å². The number of nitrogens with one attached hydrogen (secondary N) is 3. The van der Waals surface area contributed by atoms with Crippen molar-refractivity contribution in [2.24, 2.45) is 11.8 Å². The second-order valence-corrected chi connectivity index (χ2v) is 10.9. The van der Waals surface area contributed by atoms with Gasteiger partial charge in [-0.05, 0) is 96.6 Å². The van der Waals surface area contributed by atoms with Crippen molar-refractivity contribution in [2.45, 2.75) is 44.1 Å². The van der Waals surface area contributed by atoms with Crippen molar-refractivity contribution >= 4 is 21.8 Å². The minimum absolute atomic E-state index is 0.360. The highest BCUT2D eigenvalue weighted by molar-refractivity contribution is 5.91. The largest absolute Gasteiger partial charge is 0.342 e. The molecular weight excluding hydrogens is 430 g/mol. The maximum atomic E-state index is 4.93. The monoisotopic (exact) mass is 459 g/mol. The molecule has 35 heavy (non-hydrogen) atoms. The van der Waals surface area contributed by atoms with Crippen molar-refractivity contribution in [3.05, 3.63) is 72.4 Å². The summed E-state index contributed by atoms with van der Waals surface area (Å²) in [5, 5.41) is 6.01. The molecule has 5 heteroatoms. The SMILES string of the molecule is c1cc2cc(-c3cnc([C@@H]4CCCN4)[nH]3)ccc2cc1-c1ccc2nc(C3C[C@@H]4C[C@@H]4C3)[nH]c2c1. The Hall–Kier alpha value is -3.44. The first-order valence-corrected chi connectivity index (χ1v) is 13.1. The fourth-order valence-corrected chi connectivity index (χ4v) is 6.51. The molecule has 0 radical (unpaired) electrons. The van der Waals surface area contributed by atoms with E-state index >= 15 is 0 Å². The Labute approximate surface area is 204 Å². The van der Waals surface area contributed by atoms with Gasteiger partial charge in [-0.1, -0.05) is 30.3 Å². The van der Waals surface area contributed by atoms with E-state index in [1.807, 2.05) is 6.20 Å². The van der Waals surface area contributed by atoms with Crippen molar-refractivity contribution in [3.63, 3.8) is 0 Å². The molecule has 3 aliphatic rings. The Morgan fingerprint density at radius 3 is 2.34 bits per heavy atom. The van der Waals surface area contributed by atoms with E-state index in [2.05, 4.69) is 74.9 Å². The number of rotatable bonds is 4. The molecule has 2 aromatic heterocycles. The Kier molecular flexibility index (Phi) is 4.26. The van der Waals surface area contributed by atoms with Gasteiger partial charge in [-0.25, -0.2) is 9.97 Å². The van der Waals surface area contributed by atoms with Crippen LogP contribution in [-0.2, 0) is 0 Å². The smallest absolute Gasteiger partial charge is 0.123 e. The van der Waals surface area contributed by atoms with Crippen molar-refractivity contribution in [1.82, 2.24) is 25.3 Å². The summed E-state index contributed by atoms with van der Waals surface area (Å²) < 4.78 is 0. The summed E-state index contributed by atoms with van der Waals surface area (Å²) in [4.78, 5) is 16.8. The summed E-state index contributed by atoms with van der Waals surface area (Å²) >= 11 is 0. The van der Waals surface area contributed by atoms with Crippen LogP contribution in [0.5, 0.6) is 0 Å². The fraction of sp³-hybridized carbons (Fsp3) is 0.333. The predicted molar refractivity (Wildman–Crippen MR) is 140 cm³/mol. The number of imidazole rings is 2. The van der Waals surface area contributed by atoms with E-state index in [9.17, 15) is 0 Å². The van der Waals surface area contributed by atoms with Gasteiger partial charge in [0.2, 0.25) is 0 Å². The lowest BCUT2D eigenvalue weighted by atomic mass is 9.99. The Morgan fingerprint density at radius 2 is 1.51 bits per heavy atom. The molecule has 2 aliphatic carbocycles. The Balaban J connectivity index is 1.08. The van der Waals surface area contributed by atoms with Crippen molar-refractivity contribution in [1.29, 1.82) is 0 Å². The third-order valence-electron chi connectivity index (χ3n) is 8.60. The van der Waals surface area contributed by atoms with Gasteiger partial charge in [0.1, 0.15) is 11.6 Å². The molecule has 1 unspecified atom stereocenters. The average molecular weight is 460 g/mol. The summed E-state index contributed by atoms with van der Waals surface area (Å²) in [6.07, 6.45) is 8.43. The van der Waals surface area contributed by atoms with Crippen molar-refractivity contribution in [3.8, 4) is 22.4 Å². The number of benzene rings is 3. The third kappa shape index (κ3) is 3.41. The molecule has 8 rings (SSSR count). The van der Waals surface area contributed by atoms with Crippen LogP contribution in [0.2, 0.25) is 0 Å². The van der Waals surface area contributed by atoms with Crippen LogP contribution in [0, 0.1) is 11.8 Å². The molecule has 3 aromatic carbocycles. The van der Waals surface area contributed by atoms with E-state index < -0.39 is 0 Å². The lowest BCUT2D eigenvalue weighted by molar-refractivity contribution is 0.597. The molecule has 4 atom stereocenters. The quantitative estimate of drug-likeness (QED) is 0.280. The van der Waals surface area contributed by atoms with Crippen LogP contribution < -0.4 is 5.32 Å². The zero-order valence-corrected chi connectivity index (χ0v) is 19.7. The predicted octanol–water partition coefficient (Wildman–Crippen LogP) is 6.71. The summed E-state index contributed by atoms with van der Waals surface area (Å²) in [5.74, 6) is 4.82. The van der Waals surface area contributed by atoms with Crippen LogP contribution in [0.15, 0.2) is 60.8 Å². The molecule has 2 saturated carbocycles. The molecule has 3 N–H and O–H groups in total. The van der Waals surface area contributed by atoms with Crippen LogP contribution in [0.25, 0.3) is 44.2 Å². The molecule has 0 spiro atoms. The van der Waals surface area contributed by atoms with E-state index in [-0.39, 0.29) is 0 Å². The van der Waals surface area contributed by atoms with Gasteiger partial charge in [0.25, 0.3) is 0 Å². The summed E-state index contributed by atoms with van der Waals surface area (Å²) in [7, 11) is 0. The number of aromatic nitrogens is 4. The van der Waals surface area contributed by atoms with Gasteiger partial charge in [0, 0.05) is 11.5 Å². The average Bonchev–Trinajstić information content (AvgIpc) is 3.47. The first-order chi connectivity index (χ1) is 17.3. The molecule has 174 valence electrons. The highest BCUT2D eigenvalue weighted by Crippen LogP contribution is 2.57. The third-order valence-corrected chi connectivity index (χ3v) is 8.60. The lowest BCUT2D eigenvalue weighted by Gasteiger charge is -2.07. The van der Waals surface area contributed by atoms with Gasteiger partial charge in [-0.15, -0.1) is 0 Å². The summed E-state index contributed by atoms with van der Waals surface area (Å²) in [6.45, 7) is 1.08. The number of hydrogen-bond acceptors (Lipinski definition) is 3. The van der Waals surface area contributed by atoms with Gasteiger partial charge in [-0.2, -0.15) is 0 Å². The minimum Gasteiger partial charge on any atom is -0.342 e. The number of hydrogen-bond donors (Lipinski definition) is 3. The van der Waals surface area contributed by atoms with Crippen LogP contribution in [0.4, 0.5) is 0 Å². The number of fused-ring (bicyclic) bond motifs is 3. The maximum absolute atomic E-state index is 4.93. The van der Waals surface area contributed by atoms with Crippen molar-refractivity contribution in [2.75, 3.05) is 6.54 Å². The van der Waals surface area contributed by atoms with E-state index in [0.29, 0.717) is 12.0 Å². The Morgan fingerprint density at radius 1 is 0.743 bits per heavy atom. The minimum atomic E-state index is 0.360. The first kappa shape index (κ1) is 19.8. The Bertz CT molecular complexity index is 1560. The normalized spacial score (nSPS) is 25.5. The van der Waals surface area contributed by atoms with E-state index in [0.717, 1.165) is 47.4 Å². The van der Waals surface area contributed by atoms with Crippen LogP contribution in [0.3, 0.4) is 0 Å². The highest BCUT2D eigenvalue weighted by atomic mass is 15.0. The molecule has 3 fully saturated rings. The second-order valence-electron chi connectivity index (χ2n) is 10.9. The summed E-state index contributed by atoms with van der Waals surface area (Å²) in [5.41, 5.74) is 6.97. The molecule has 0 bridgehead atoms. The molecule has 5 nitrogen and oxygen atoms in total. The van der Waals surface area contributed by atoms with Gasteiger partial charge < -0.3 is 15.3 Å².